The molecule has 0 saturated carbocycles. The van der Waals surface area contributed by atoms with Crippen LogP contribution in [0.3, 0.4) is 0 Å². The van der Waals surface area contributed by atoms with Crippen molar-refractivity contribution in [1.29, 1.82) is 0 Å². The van der Waals surface area contributed by atoms with Gasteiger partial charge in [0.05, 0.1) is 0 Å². The second kappa shape index (κ2) is 19.3. The molecule has 0 aliphatic heterocycles. The molecule has 0 aliphatic carbocycles. The third-order valence-corrected chi connectivity index (χ3v) is 9.44. The summed E-state index contributed by atoms with van der Waals surface area (Å²) in [7, 11) is 0. The number of phenolic OH excluding ortho intramolecular Hbond substituents is 2. The Labute approximate surface area is 351 Å². The Morgan fingerprint density at radius 1 is 0.464 bits per heavy atom. The zero-order valence-corrected chi connectivity index (χ0v) is 39.1. The standard InChI is InChI=1S/2C14H11.2C11H16O.C2H6Si.Zr/c2*1-10-8-12-7-6-11-4-2-3-5-13(11)14(12)9-10;2*1-8-5-6-10(12)9(7-8)11(2,3)4;1-3-2;/h2*2-9H,1H3;2*5-7,12H,1-4H3;1-2H3;/q2*-1;;;;+2. The molecule has 0 aliphatic rings. The van der Waals surface area contributed by atoms with E-state index in [1.165, 1.54) is 65.3 Å². The summed E-state index contributed by atoms with van der Waals surface area (Å²) in [6.45, 7) is 25.6. The van der Waals surface area contributed by atoms with Gasteiger partial charge in [0, 0.05) is 0 Å². The van der Waals surface area contributed by atoms with E-state index in [-0.39, 0.29) is 16.3 Å². The summed E-state index contributed by atoms with van der Waals surface area (Å²) in [5.74, 6) is 0.793. The van der Waals surface area contributed by atoms with Crippen LogP contribution in [0, 0.1) is 27.7 Å². The van der Waals surface area contributed by atoms with Crippen molar-refractivity contribution in [2.24, 2.45) is 0 Å². The van der Waals surface area contributed by atoms with Crippen molar-refractivity contribution in [2.75, 3.05) is 0 Å². The molecular weight excluding hydrogens is 776 g/mol. The monoisotopic (exact) mass is 834 g/mol. The molecule has 2 nitrogen and oxygen atoms in total. The molecule has 8 rings (SSSR count). The molecule has 8 aromatic carbocycles. The van der Waals surface area contributed by atoms with Gasteiger partial charge < -0.3 is 10.2 Å². The normalized spacial score (nSPS) is 11.1. The van der Waals surface area contributed by atoms with Gasteiger partial charge in [0.1, 0.15) is 11.5 Å². The predicted molar refractivity (Wildman–Crippen MR) is 244 cm³/mol. The molecule has 0 radical (unpaired) electrons. The van der Waals surface area contributed by atoms with E-state index in [1.54, 1.807) is 35.5 Å². The fourth-order valence-electron chi connectivity index (χ4n) is 6.73. The van der Waals surface area contributed by atoms with Gasteiger partial charge in [-0.3, -0.25) is 0 Å². The Balaban J connectivity index is 0.000000161. The summed E-state index contributed by atoms with van der Waals surface area (Å²) in [4.78, 5) is 0. The minimum Gasteiger partial charge on any atom is -0.508 e. The van der Waals surface area contributed by atoms with Gasteiger partial charge in [0.15, 0.2) is 0 Å². The Bertz CT molecular complexity index is 2380. The smallest absolute Gasteiger partial charge is 0.119 e. The number of hydrogen-bond acceptors (Lipinski definition) is 2. The van der Waals surface area contributed by atoms with Crippen LogP contribution >= 0.6 is 0 Å². The van der Waals surface area contributed by atoms with Crippen molar-refractivity contribution in [3.8, 4) is 11.5 Å². The second-order valence-electron chi connectivity index (χ2n) is 17.2. The van der Waals surface area contributed by atoms with E-state index in [0.29, 0.717) is 11.5 Å². The van der Waals surface area contributed by atoms with Gasteiger partial charge in [-0.15, -0.1) is 56.9 Å². The summed E-state index contributed by atoms with van der Waals surface area (Å²) in [6.07, 6.45) is 0. The van der Waals surface area contributed by atoms with E-state index in [4.69, 9.17) is 0 Å². The van der Waals surface area contributed by atoms with Crippen molar-refractivity contribution in [3.63, 3.8) is 0 Å². The van der Waals surface area contributed by atoms with Gasteiger partial charge in [-0.05, 0) is 47.9 Å². The molecule has 8 aromatic rings. The predicted octanol–water partition coefficient (Wildman–Crippen LogP) is 14.8. The maximum Gasteiger partial charge on any atom is 0.119 e. The van der Waals surface area contributed by atoms with Crippen LogP contribution in [-0.4, -0.2) is 15.6 Å². The molecule has 0 saturated heterocycles. The maximum absolute atomic E-state index is 9.57. The SMILES string of the molecule is C[Si](C)=[Zr+2].Cc1cc2ccc3ccccc3c2[cH-]1.Cc1cc2ccc3ccccc3c2[cH-]1.Cc1ccc(O)c(C(C)(C)C)c1.Cc1ccc(O)c(C(C)(C)C)c1. The van der Waals surface area contributed by atoms with E-state index in [2.05, 4.69) is 166 Å². The molecule has 2 N–H and O–H groups in total. The number of hydrogen-bond donors (Lipinski definition) is 2. The average molecular weight is 836 g/mol. The zero-order valence-electron chi connectivity index (χ0n) is 35.6. The number of aryl methyl sites for hydroxylation is 4. The first kappa shape index (κ1) is 44.5. The Kier molecular flexibility index (Phi) is 15.3. The first-order valence-electron chi connectivity index (χ1n) is 19.5. The van der Waals surface area contributed by atoms with Gasteiger partial charge in [-0.2, -0.15) is 12.1 Å². The summed E-state index contributed by atoms with van der Waals surface area (Å²) in [6, 6.07) is 46.3. The Morgan fingerprint density at radius 2 is 0.786 bits per heavy atom. The molecule has 0 fully saturated rings. The quantitative estimate of drug-likeness (QED) is 0.118. The number of rotatable bonds is 0. The summed E-state index contributed by atoms with van der Waals surface area (Å²) >= 11 is 1.74. The topological polar surface area (TPSA) is 40.5 Å². The van der Waals surface area contributed by atoms with Gasteiger partial charge in [0.2, 0.25) is 0 Å². The van der Waals surface area contributed by atoms with Crippen LogP contribution in [0.4, 0.5) is 0 Å². The first-order chi connectivity index (χ1) is 26.2. The fourth-order valence-corrected chi connectivity index (χ4v) is 6.73. The minimum atomic E-state index is 0.0239. The van der Waals surface area contributed by atoms with E-state index >= 15 is 0 Å². The molecular formula is C52H60O2SiZr. The molecule has 0 unspecified atom stereocenters. The third-order valence-electron chi connectivity index (χ3n) is 9.44. The third kappa shape index (κ3) is 12.4. The Morgan fingerprint density at radius 3 is 1.11 bits per heavy atom. The van der Waals surface area contributed by atoms with E-state index < -0.39 is 0 Å². The van der Waals surface area contributed by atoms with Crippen LogP contribution in [0.2, 0.25) is 13.1 Å². The van der Waals surface area contributed by atoms with Gasteiger partial charge in [-0.1, -0.05) is 173 Å². The maximum atomic E-state index is 9.57. The average Bonchev–Trinajstić information content (AvgIpc) is 3.71. The molecule has 56 heavy (non-hydrogen) atoms. The number of benzene rings is 6. The summed E-state index contributed by atoms with van der Waals surface area (Å²) in [5, 5.41) is 30.0. The number of phenols is 2. The Hall–Kier alpha value is -4.24. The minimum absolute atomic E-state index is 0.0239. The van der Waals surface area contributed by atoms with Crippen LogP contribution in [0.5, 0.6) is 11.5 Å². The summed E-state index contributed by atoms with van der Waals surface area (Å²) in [5.41, 5.74) is 7.36. The van der Waals surface area contributed by atoms with Crippen LogP contribution in [0.15, 0.2) is 133 Å². The van der Waals surface area contributed by atoms with Crippen molar-refractivity contribution >= 4 is 48.5 Å². The zero-order chi connectivity index (χ0) is 41.4. The van der Waals surface area contributed by atoms with Crippen LogP contribution in [0.25, 0.3) is 43.1 Å². The van der Waals surface area contributed by atoms with Crippen molar-refractivity contribution in [3.05, 3.63) is 167 Å². The van der Waals surface area contributed by atoms with Crippen LogP contribution in [0.1, 0.15) is 74.9 Å². The second-order valence-corrected chi connectivity index (χ2v) is 26.6. The molecule has 0 aromatic heterocycles. The van der Waals surface area contributed by atoms with Crippen molar-refractivity contribution < 1.29 is 33.5 Å². The summed E-state index contributed by atoms with van der Waals surface area (Å²) < 4.78 is 0. The molecule has 0 atom stereocenters. The van der Waals surface area contributed by atoms with Crippen molar-refractivity contribution in [1.82, 2.24) is 0 Å². The van der Waals surface area contributed by atoms with E-state index in [1.807, 2.05) is 38.1 Å². The largest absolute Gasteiger partial charge is 0.508 e. The van der Waals surface area contributed by atoms with Crippen molar-refractivity contribution in [2.45, 2.75) is 93.2 Å². The van der Waals surface area contributed by atoms with E-state index in [9.17, 15) is 10.2 Å². The number of aromatic hydroxyl groups is 2. The molecule has 288 valence electrons. The van der Waals surface area contributed by atoms with Crippen LogP contribution in [-0.2, 0) is 34.2 Å². The van der Waals surface area contributed by atoms with Crippen LogP contribution < -0.4 is 0 Å². The van der Waals surface area contributed by atoms with Gasteiger partial charge in [0.25, 0.3) is 0 Å². The van der Waals surface area contributed by atoms with E-state index in [0.717, 1.165) is 11.1 Å². The van der Waals surface area contributed by atoms with Gasteiger partial charge >= 0.3 is 41.9 Å². The van der Waals surface area contributed by atoms with Gasteiger partial charge in [-0.25, -0.2) is 0 Å². The fraction of sp³-hybridized carbons (Fsp3) is 0.269. The molecule has 0 heterocycles. The molecule has 0 bridgehead atoms. The first-order valence-corrected chi connectivity index (χ1v) is 25.6. The molecule has 0 spiro atoms. The molecule has 0 amide bonds. The number of fused-ring (bicyclic) bond motifs is 6. The molecule has 4 heteroatoms.